The molecule has 0 amide bonds. The second-order valence-electron chi connectivity index (χ2n) is 4.50. The summed E-state index contributed by atoms with van der Waals surface area (Å²) in [4.78, 5) is 2.58. The van der Waals surface area contributed by atoms with Gasteiger partial charge in [0.1, 0.15) is 0 Å². The van der Waals surface area contributed by atoms with Gasteiger partial charge >= 0.3 is 0 Å². The van der Waals surface area contributed by atoms with Gasteiger partial charge in [0.05, 0.1) is 0 Å². The Bertz CT molecular complexity index is 171. The minimum Gasteiger partial charge on any atom is -0.314 e. The molecule has 2 aliphatic heterocycles. The molecule has 0 atom stereocenters. The Morgan fingerprint density at radius 3 is 2.07 bits per heavy atom. The molecule has 2 aliphatic rings. The third-order valence-electron chi connectivity index (χ3n) is 3.38. The van der Waals surface area contributed by atoms with E-state index >= 15 is 0 Å². The van der Waals surface area contributed by atoms with Crippen molar-refractivity contribution in [1.29, 1.82) is 0 Å². The highest BCUT2D eigenvalue weighted by atomic mass is 15.6. The highest BCUT2D eigenvalue weighted by Crippen LogP contribution is 2.06. The monoisotopic (exact) mass is 212 g/mol. The van der Waals surface area contributed by atoms with Gasteiger partial charge in [0.15, 0.2) is 0 Å². The van der Waals surface area contributed by atoms with Crippen molar-refractivity contribution in [2.75, 3.05) is 58.9 Å². The first-order chi connectivity index (χ1) is 7.40. The van der Waals surface area contributed by atoms with E-state index in [4.69, 9.17) is 0 Å². The minimum absolute atomic E-state index is 1.15. The Balaban J connectivity index is 1.72. The van der Waals surface area contributed by atoms with Crippen molar-refractivity contribution < 1.29 is 0 Å². The topological polar surface area (TPSA) is 21.8 Å². The molecule has 0 aromatic carbocycles. The molecule has 0 radical (unpaired) electrons. The summed E-state index contributed by atoms with van der Waals surface area (Å²) in [5.74, 6) is 0. The standard InChI is InChI=1S/C11H24N4/c1-2-5-13-8-10-15(11-9-13)14-6-3-12-4-7-14/h12H,2-11H2,1H3. The van der Waals surface area contributed by atoms with Crippen LogP contribution >= 0.6 is 0 Å². The third kappa shape index (κ3) is 3.14. The fourth-order valence-corrected chi connectivity index (χ4v) is 2.50. The molecule has 2 fully saturated rings. The lowest BCUT2D eigenvalue weighted by Crippen LogP contribution is -2.58. The number of hydrogen-bond acceptors (Lipinski definition) is 4. The maximum absolute atomic E-state index is 3.40. The summed E-state index contributed by atoms with van der Waals surface area (Å²) in [6.07, 6.45) is 1.29. The predicted octanol–water partition coefficient (Wildman–Crippen LogP) is -0.166. The third-order valence-corrected chi connectivity index (χ3v) is 3.38. The molecule has 2 heterocycles. The number of hydrogen-bond donors (Lipinski definition) is 1. The molecule has 0 aliphatic carbocycles. The zero-order chi connectivity index (χ0) is 10.5. The van der Waals surface area contributed by atoms with Crippen LogP contribution in [0.3, 0.4) is 0 Å². The Morgan fingerprint density at radius 1 is 0.867 bits per heavy atom. The minimum atomic E-state index is 1.15. The average Bonchev–Trinajstić information content (AvgIpc) is 2.32. The number of rotatable bonds is 3. The molecule has 2 rings (SSSR count). The van der Waals surface area contributed by atoms with Gasteiger partial charge in [0.25, 0.3) is 0 Å². The molecule has 88 valence electrons. The van der Waals surface area contributed by atoms with Crippen LogP contribution in [0.4, 0.5) is 0 Å². The molecule has 0 bridgehead atoms. The van der Waals surface area contributed by atoms with E-state index in [9.17, 15) is 0 Å². The molecule has 2 saturated heterocycles. The van der Waals surface area contributed by atoms with Crippen LogP contribution in [0.15, 0.2) is 0 Å². The quantitative estimate of drug-likeness (QED) is 0.701. The van der Waals surface area contributed by atoms with Crippen molar-refractivity contribution >= 4 is 0 Å². The van der Waals surface area contributed by atoms with Gasteiger partial charge in [-0.2, -0.15) is 0 Å². The molecule has 0 unspecified atom stereocenters. The maximum Gasteiger partial charge on any atom is 0.0261 e. The van der Waals surface area contributed by atoms with Crippen molar-refractivity contribution in [2.24, 2.45) is 0 Å². The van der Waals surface area contributed by atoms with Gasteiger partial charge < -0.3 is 10.2 Å². The second kappa shape index (κ2) is 5.80. The Kier molecular flexibility index (Phi) is 4.38. The summed E-state index contributed by atoms with van der Waals surface area (Å²) in [6.45, 7) is 13.2. The van der Waals surface area contributed by atoms with Crippen LogP contribution in [0, 0.1) is 0 Å². The summed E-state index contributed by atoms with van der Waals surface area (Å²) in [6, 6.07) is 0. The van der Waals surface area contributed by atoms with Crippen molar-refractivity contribution in [3.63, 3.8) is 0 Å². The summed E-state index contributed by atoms with van der Waals surface area (Å²) in [5, 5.41) is 8.48. The van der Waals surface area contributed by atoms with Gasteiger partial charge in [0.2, 0.25) is 0 Å². The van der Waals surface area contributed by atoms with Gasteiger partial charge in [0, 0.05) is 52.4 Å². The molecule has 0 aromatic rings. The number of hydrazine groups is 1. The Labute approximate surface area is 93.2 Å². The summed E-state index contributed by atoms with van der Waals surface area (Å²) >= 11 is 0. The SMILES string of the molecule is CCCN1CCN(N2CCNCC2)CC1. The van der Waals surface area contributed by atoms with E-state index in [0.717, 1.165) is 13.1 Å². The van der Waals surface area contributed by atoms with E-state index < -0.39 is 0 Å². The number of nitrogens with one attached hydrogen (secondary N) is 1. The van der Waals surface area contributed by atoms with E-state index in [-0.39, 0.29) is 0 Å². The fourth-order valence-electron chi connectivity index (χ4n) is 2.50. The first kappa shape index (κ1) is 11.3. The van der Waals surface area contributed by atoms with E-state index in [1.54, 1.807) is 0 Å². The lowest BCUT2D eigenvalue weighted by Gasteiger charge is -2.42. The van der Waals surface area contributed by atoms with Crippen molar-refractivity contribution in [3.05, 3.63) is 0 Å². The molecular weight excluding hydrogens is 188 g/mol. The van der Waals surface area contributed by atoms with Crippen molar-refractivity contribution in [1.82, 2.24) is 20.2 Å². The summed E-state index contributed by atoms with van der Waals surface area (Å²) in [7, 11) is 0. The highest BCUT2D eigenvalue weighted by Gasteiger charge is 2.22. The molecule has 0 spiro atoms. The Morgan fingerprint density at radius 2 is 1.47 bits per heavy atom. The van der Waals surface area contributed by atoms with E-state index in [2.05, 4.69) is 27.2 Å². The largest absolute Gasteiger partial charge is 0.314 e. The van der Waals surface area contributed by atoms with E-state index in [1.165, 1.54) is 52.2 Å². The van der Waals surface area contributed by atoms with E-state index in [1.807, 2.05) is 0 Å². The van der Waals surface area contributed by atoms with Crippen LogP contribution in [-0.4, -0.2) is 73.8 Å². The predicted molar refractivity (Wildman–Crippen MR) is 62.7 cm³/mol. The normalized spacial score (nSPS) is 27.0. The lowest BCUT2D eigenvalue weighted by molar-refractivity contribution is -0.0636. The smallest absolute Gasteiger partial charge is 0.0261 e. The van der Waals surface area contributed by atoms with Crippen LogP contribution < -0.4 is 5.32 Å². The first-order valence-electron chi connectivity index (χ1n) is 6.33. The number of piperazine rings is 2. The average molecular weight is 212 g/mol. The van der Waals surface area contributed by atoms with Crippen molar-refractivity contribution in [3.8, 4) is 0 Å². The first-order valence-corrected chi connectivity index (χ1v) is 6.33. The van der Waals surface area contributed by atoms with E-state index in [0.29, 0.717) is 0 Å². The second-order valence-corrected chi connectivity index (χ2v) is 4.50. The molecule has 4 nitrogen and oxygen atoms in total. The zero-order valence-corrected chi connectivity index (χ0v) is 9.91. The number of nitrogens with zero attached hydrogens (tertiary/aromatic N) is 3. The molecule has 4 heteroatoms. The van der Waals surface area contributed by atoms with Gasteiger partial charge in [-0.05, 0) is 13.0 Å². The van der Waals surface area contributed by atoms with Gasteiger partial charge in [-0.3, -0.25) is 0 Å². The van der Waals surface area contributed by atoms with Gasteiger partial charge in [-0.15, -0.1) is 0 Å². The van der Waals surface area contributed by atoms with Crippen LogP contribution in [0.1, 0.15) is 13.3 Å². The van der Waals surface area contributed by atoms with Crippen LogP contribution in [0.5, 0.6) is 0 Å². The van der Waals surface area contributed by atoms with Gasteiger partial charge in [-0.1, -0.05) is 6.92 Å². The molecule has 0 aromatic heterocycles. The molecule has 1 N–H and O–H groups in total. The van der Waals surface area contributed by atoms with Crippen molar-refractivity contribution in [2.45, 2.75) is 13.3 Å². The van der Waals surface area contributed by atoms with Crippen LogP contribution in [0.25, 0.3) is 0 Å². The van der Waals surface area contributed by atoms with Crippen LogP contribution in [-0.2, 0) is 0 Å². The molecule has 0 saturated carbocycles. The molecule has 15 heavy (non-hydrogen) atoms. The summed E-state index contributed by atoms with van der Waals surface area (Å²) < 4.78 is 0. The zero-order valence-electron chi connectivity index (χ0n) is 9.91. The van der Waals surface area contributed by atoms with Gasteiger partial charge in [-0.25, -0.2) is 10.0 Å². The van der Waals surface area contributed by atoms with Crippen LogP contribution in [0.2, 0.25) is 0 Å². The maximum atomic E-state index is 3.40. The summed E-state index contributed by atoms with van der Waals surface area (Å²) in [5.41, 5.74) is 0. The Hall–Kier alpha value is -0.160. The lowest BCUT2D eigenvalue weighted by atomic mass is 10.3. The molecular formula is C11H24N4. The highest BCUT2D eigenvalue weighted by molar-refractivity contribution is 4.73. The fraction of sp³-hybridized carbons (Fsp3) is 1.00.